The number of ether oxygens (including phenoxy) is 1. The highest BCUT2D eigenvalue weighted by Crippen LogP contribution is 2.13. The smallest absolute Gasteiger partial charge is 0.0598 e. The molecule has 1 N–H and O–H groups in total. The third-order valence-corrected chi connectivity index (χ3v) is 2.62. The molecule has 1 atom stereocenters. The molecule has 98 valence electrons. The summed E-state index contributed by atoms with van der Waals surface area (Å²) in [5.41, 5.74) is 0.00755. The van der Waals surface area contributed by atoms with Gasteiger partial charge in [0.2, 0.25) is 0 Å². The number of hydrogen-bond acceptors (Lipinski definition) is 2. The second kappa shape index (κ2) is 9.00. The average Bonchev–Trinajstić information content (AvgIpc) is 2.16. The van der Waals surface area contributed by atoms with Crippen LogP contribution >= 0.6 is 0 Å². The molecule has 0 spiro atoms. The van der Waals surface area contributed by atoms with Crippen LogP contribution < -0.4 is 5.32 Å². The minimum atomic E-state index is 0.00755. The highest BCUT2D eigenvalue weighted by Gasteiger charge is 2.12. The van der Waals surface area contributed by atoms with Gasteiger partial charge in [0, 0.05) is 6.61 Å². The molecule has 0 aromatic rings. The van der Waals surface area contributed by atoms with Crippen molar-refractivity contribution in [3.8, 4) is 0 Å². The van der Waals surface area contributed by atoms with E-state index in [-0.39, 0.29) is 5.60 Å². The average molecular weight is 229 g/mol. The molecule has 0 saturated carbocycles. The lowest BCUT2D eigenvalue weighted by molar-refractivity contribution is -0.00960. The molecule has 0 saturated heterocycles. The summed E-state index contributed by atoms with van der Waals surface area (Å²) in [5.74, 6) is 0.777. The summed E-state index contributed by atoms with van der Waals surface area (Å²) in [4.78, 5) is 0. The van der Waals surface area contributed by atoms with Gasteiger partial charge in [0.25, 0.3) is 0 Å². The van der Waals surface area contributed by atoms with Crippen molar-refractivity contribution in [3.05, 3.63) is 0 Å². The molecular weight excluding hydrogens is 198 g/mol. The summed E-state index contributed by atoms with van der Waals surface area (Å²) in [6, 6.07) is 0. The van der Waals surface area contributed by atoms with Crippen LogP contribution in [0.5, 0.6) is 0 Å². The molecule has 0 aliphatic carbocycles. The van der Waals surface area contributed by atoms with E-state index in [9.17, 15) is 0 Å². The quantitative estimate of drug-likeness (QED) is 0.610. The van der Waals surface area contributed by atoms with Crippen molar-refractivity contribution in [1.82, 2.24) is 5.32 Å². The summed E-state index contributed by atoms with van der Waals surface area (Å²) >= 11 is 0. The lowest BCUT2D eigenvalue weighted by Gasteiger charge is -2.22. The Kier molecular flexibility index (Phi) is 8.96. The van der Waals surface area contributed by atoms with Gasteiger partial charge in [0.05, 0.1) is 5.60 Å². The van der Waals surface area contributed by atoms with E-state index in [1.165, 1.54) is 25.7 Å². The van der Waals surface area contributed by atoms with Gasteiger partial charge in [-0.2, -0.15) is 0 Å². The summed E-state index contributed by atoms with van der Waals surface area (Å²) in [5, 5.41) is 3.51. The molecule has 2 heteroatoms. The molecule has 0 aromatic heterocycles. The highest BCUT2D eigenvalue weighted by molar-refractivity contribution is 4.64. The first kappa shape index (κ1) is 15.9. The van der Waals surface area contributed by atoms with E-state index in [0.29, 0.717) is 0 Å². The SMILES string of the molecule is CCCNCC(CCC)CCOC(C)(C)C. The fourth-order valence-corrected chi connectivity index (χ4v) is 1.77. The minimum Gasteiger partial charge on any atom is -0.376 e. The van der Waals surface area contributed by atoms with Crippen molar-refractivity contribution in [2.75, 3.05) is 19.7 Å². The molecule has 16 heavy (non-hydrogen) atoms. The normalized spacial score (nSPS) is 14.1. The van der Waals surface area contributed by atoms with Crippen LogP contribution in [0.1, 0.15) is 60.3 Å². The Morgan fingerprint density at radius 1 is 1.06 bits per heavy atom. The fourth-order valence-electron chi connectivity index (χ4n) is 1.77. The molecule has 0 rings (SSSR count). The van der Waals surface area contributed by atoms with Crippen molar-refractivity contribution in [2.24, 2.45) is 5.92 Å². The number of nitrogens with one attached hydrogen (secondary N) is 1. The van der Waals surface area contributed by atoms with Crippen LogP contribution in [0.4, 0.5) is 0 Å². The third kappa shape index (κ3) is 10.4. The predicted molar refractivity (Wildman–Crippen MR) is 71.9 cm³/mol. The number of rotatable bonds is 9. The molecule has 0 aromatic carbocycles. The van der Waals surface area contributed by atoms with Crippen molar-refractivity contribution in [2.45, 2.75) is 65.9 Å². The lowest BCUT2D eigenvalue weighted by atomic mass is 10.00. The van der Waals surface area contributed by atoms with Gasteiger partial charge >= 0.3 is 0 Å². The van der Waals surface area contributed by atoms with Crippen molar-refractivity contribution >= 4 is 0 Å². The second-order valence-corrected chi connectivity index (χ2v) is 5.61. The zero-order valence-electron chi connectivity index (χ0n) is 11.9. The van der Waals surface area contributed by atoms with E-state index in [0.717, 1.165) is 25.6 Å². The Bertz CT molecular complexity index is 151. The topological polar surface area (TPSA) is 21.3 Å². The summed E-state index contributed by atoms with van der Waals surface area (Å²) < 4.78 is 5.78. The maximum Gasteiger partial charge on any atom is 0.0598 e. The van der Waals surface area contributed by atoms with Crippen LogP contribution in [0, 0.1) is 5.92 Å². The Hall–Kier alpha value is -0.0800. The standard InChI is InChI=1S/C14H31NO/c1-6-8-13(12-15-10-7-2)9-11-16-14(3,4)5/h13,15H,6-12H2,1-5H3. The lowest BCUT2D eigenvalue weighted by Crippen LogP contribution is -2.26. The van der Waals surface area contributed by atoms with Crippen LogP contribution in [-0.2, 0) is 4.74 Å². The fraction of sp³-hybridized carbons (Fsp3) is 1.00. The van der Waals surface area contributed by atoms with E-state index in [2.05, 4.69) is 39.9 Å². The molecule has 0 aliphatic heterocycles. The number of hydrogen-bond donors (Lipinski definition) is 1. The van der Waals surface area contributed by atoms with Crippen LogP contribution in [0.25, 0.3) is 0 Å². The van der Waals surface area contributed by atoms with Gasteiger partial charge < -0.3 is 10.1 Å². The summed E-state index contributed by atoms with van der Waals surface area (Å²) in [7, 11) is 0. The van der Waals surface area contributed by atoms with Gasteiger partial charge in [-0.15, -0.1) is 0 Å². The minimum absolute atomic E-state index is 0.00755. The van der Waals surface area contributed by atoms with E-state index in [1.807, 2.05) is 0 Å². The molecule has 0 heterocycles. The largest absolute Gasteiger partial charge is 0.376 e. The zero-order valence-corrected chi connectivity index (χ0v) is 11.9. The van der Waals surface area contributed by atoms with Gasteiger partial charge in [-0.25, -0.2) is 0 Å². The molecule has 2 nitrogen and oxygen atoms in total. The molecular formula is C14H31NO. The Morgan fingerprint density at radius 2 is 1.75 bits per heavy atom. The van der Waals surface area contributed by atoms with Crippen molar-refractivity contribution in [1.29, 1.82) is 0 Å². The molecule has 0 aliphatic rings. The first-order valence-corrected chi connectivity index (χ1v) is 6.84. The van der Waals surface area contributed by atoms with Gasteiger partial charge in [-0.05, 0) is 59.0 Å². The summed E-state index contributed by atoms with van der Waals surface area (Å²) in [6.45, 7) is 14.0. The zero-order chi connectivity index (χ0) is 12.4. The van der Waals surface area contributed by atoms with Gasteiger partial charge in [-0.3, -0.25) is 0 Å². The van der Waals surface area contributed by atoms with Crippen molar-refractivity contribution < 1.29 is 4.74 Å². The second-order valence-electron chi connectivity index (χ2n) is 5.61. The van der Waals surface area contributed by atoms with Crippen LogP contribution in [0.2, 0.25) is 0 Å². The van der Waals surface area contributed by atoms with Gasteiger partial charge in [0.15, 0.2) is 0 Å². The first-order valence-electron chi connectivity index (χ1n) is 6.84. The Balaban J connectivity index is 3.67. The van der Waals surface area contributed by atoms with Crippen molar-refractivity contribution in [3.63, 3.8) is 0 Å². The molecule has 0 radical (unpaired) electrons. The maximum atomic E-state index is 5.78. The van der Waals surface area contributed by atoms with Crippen LogP contribution in [-0.4, -0.2) is 25.3 Å². The molecule has 0 bridgehead atoms. The van der Waals surface area contributed by atoms with E-state index >= 15 is 0 Å². The van der Waals surface area contributed by atoms with E-state index in [4.69, 9.17) is 4.74 Å². The molecule has 1 unspecified atom stereocenters. The van der Waals surface area contributed by atoms with Gasteiger partial charge in [-0.1, -0.05) is 20.3 Å². The molecule has 0 fully saturated rings. The monoisotopic (exact) mass is 229 g/mol. The van der Waals surface area contributed by atoms with E-state index in [1.54, 1.807) is 0 Å². The highest BCUT2D eigenvalue weighted by atomic mass is 16.5. The molecule has 0 amide bonds. The third-order valence-electron chi connectivity index (χ3n) is 2.62. The van der Waals surface area contributed by atoms with Gasteiger partial charge in [0.1, 0.15) is 0 Å². The van der Waals surface area contributed by atoms with E-state index < -0.39 is 0 Å². The Morgan fingerprint density at radius 3 is 2.25 bits per heavy atom. The summed E-state index contributed by atoms with van der Waals surface area (Å²) in [6.07, 6.45) is 4.98. The Labute approximate surface area is 102 Å². The van der Waals surface area contributed by atoms with Crippen LogP contribution in [0.3, 0.4) is 0 Å². The predicted octanol–water partition coefficient (Wildman–Crippen LogP) is 3.61. The van der Waals surface area contributed by atoms with Crippen LogP contribution in [0.15, 0.2) is 0 Å². The maximum absolute atomic E-state index is 5.78. The first-order chi connectivity index (χ1) is 7.49.